The number of rotatable bonds is 3. The van der Waals surface area contributed by atoms with Gasteiger partial charge < -0.3 is 5.32 Å². The van der Waals surface area contributed by atoms with Gasteiger partial charge in [-0.25, -0.2) is 4.39 Å². The topological polar surface area (TPSA) is 24.9 Å². The lowest BCUT2D eigenvalue weighted by Crippen LogP contribution is -2.03. The molecule has 96 valence electrons. The number of anilines is 1. The van der Waals surface area contributed by atoms with Crippen molar-refractivity contribution >= 4 is 32.5 Å². The Balaban J connectivity index is 2.86. The third-order valence-electron chi connectivity index (χ3n) is 2.95. The van der Waals surface area contributed by atoms with Crippen molar-refractivity contribution in [2.24, 2.45) is 0 Å². The maximum Gasteiger partial charge on any atom is 0.148 e. The molecule has 1 aromatic carbocycles. The molecule has 0 fully saturated rings. The summed E-state index contributed by atoms with van der Waals surface area (Å²) in [5.41, 5.74) is 3.52. The van der Waals surface area contributed by atoms with Gasteiger partial charge in [-0.2, -0.15) is 0 Å². The first kappa shape index (κ1) is 13.3. The zero-order valence-corrected chi connectivity index (χ0v) is 12.4. The van der Waals surface area contributed by atoms with Crippen molar-refractivity contribution in [3.8, 4) is 0 Å². The fourth-order valence-corrected chi connectivity index (χ4v) is 2.60. The van der Waals surface area contributed by atoms with Crippen LogP contribution in [0, 0.1) is 12.7 Å². The average Bonchev–Trinajstić information content (AvgIpc) is 2.35. The molecule has 0 aliphatic heterocycles. The number of aryl methyl sites for hydroxylation is 2. The number of fused-ring (bicyclic) bond motifs is 1. The highest BCUT2D eigenvalue weighted by molar-refractivity contribution is 9.10. The van der Waals surface area contributed by atoms with Crippen LogP contribution in [-0.2, 0) is 6.42 Å². The monoisotopic (exact) mass is 310 g/mol. The fraction of sp³-hybridized carbons (Fsp3) is 0.357. The summed E-state index contributed by atoms with van der Waals surface area (Å²) < 4.78 is 14.8. The van der Waals surface area contributed by atoms with Gasteiger partial charge in [-0.15, -0.1) is 0 Å². The van der Waals surface area contributed by atoms with Crippen molar-refractivity contribution < 1.29 is 4.39 Å². The summed E-state index contributed by atoms with van der Waals surface area (Å²) in [6.07, 6.45) is 0.839. The number of aromatic nitrogens is 1. The Kier molecular flexibility index (Phi) is 3.85. The van der Waals surface area contributed by atoms with Gasteiger partial charge in [0.15, 0.2) is 0 Å². The Morgan fingerprint density at radius 1 is 1.33 bits per heavy atom. The van der Waals surface area contributed by atoms with E-state index in [0.29, 0.717) is 9.86 Å². The first-order valence-corrected chi connectivity index (χ1v) is 6.89. The molecule has 0 saturated carbocycles. The standard InChI is InChI=1S/C14H16BrFN2/c1-4-9-7-11(17-5-2)12-13(16)10(15)6-8(3)14(12)18-9/h6-7H,4-5H2,1-3H3,(H,17,18). The number of hydrogen-bond acceptors (Lipinski definition) is 2. The van der Waals surface area contributed by atoms with Crippen molar-refractivity contribution in [2.45, 2.75) is 27.2 Å². The molecule has 0 unspecified atom stereocenters. The predicted molar refractivity (Wildman–Crippen MR) is 77.7 cm³/mol. The van der Waals surface area contributed by atoms with E-state index >= 15 is 0 Å². The first-order valence-electron chi connectivity index (χ1n) is 6.10. The second-order valence-electron chi connectivity index (χ2n) is 4.26. The Bertz CT molecular complexity index is 596. The molecule has 18 heavy (non-hydrogen) atoms. The number of halogens is 2. The van der Waals surface area contributed by atoms with Crippen molar-refractivity contribution in [1.82, 2.24) is 4.98 Å². The summed E-state index contributed by atoms with van der Waals surface area (Å²) >= 11 is 3.26. The van der Waals surface area contributed by atoms with Crippen molar-refractivity contribution in [3.63, 3.8) is 0 Å². The molecule has 0 aliphatic carbocycles. The molecular weight excluding hydrogens is 295 g/mol. The molecule has 4 heteroatoms. The van der Waals surface area contributed by atoms with Crippen LogP contribution in [0.1, 0.15) is 25.1 Å². The Labute approximate surface area is 115 Å². The number of hydrogen-bond donors (Lipinski definition) is 1. The van der Waals surface area contributed by atoms with E-state index in [0.717, 1.165) is 35.4 Å². The average molecular weight is 311 g/mol. The fourth-order valence-electron chi connectivity index (χ4n) is 2.06. The highest BCUT2D eigenvalue weighted by Gasteiger charge is 2.14. The molecule has 0 atom stereocenters. The van der Waals surface area contributed by atoms with Gasteiger partial charge in [0.2, 0.25) is 0 Å². The molecule has 1 heterocycles. The van der Waals surface area contributed by atoms with Crippen LogP contribution in [0.4, 0.5) is 10.1 Å². The SMILES string of the molecule is CCNc1cc(CC)nc2c(C)cc(Br)c(F)c12. The van der Waals surface area contributed by atoms with Gasteiger partial charge in [-0.05, 0) is 53.9 Å². The van der Waals surface area contributed by atoms with Crippen LogP contribution in [0.25, 0.3) is 10.9 Å². The van der Waals surface area contributed by atoms with E-state index in [2.05, 4.69) is 33.2 Å². The van der Waals surface area contributed by atoms with Crippen LogP contribution in [0.2, 0.25) is 0 Å². The Morgan fingerprint density at radius 2 is 2.06 bits per heavy atom. The maximum absolute atomic E-state index is 14.3. The van der Waals surface area contributed by atoms with E-state index < -0.39 is 0 Å². The van der Waals surface area contributed by atoms with E-state index in [4.69, 9.17) is 0 Å². The van der Waals surface area contributed by atoms with Gasteiger partial charge in [0.05, 0.1) is 15.4 Å². The zero-order chi connectivity index (χ0) is 13.3. The molecule has 0 saturated heterocycles. The lowest BCUT2D eigenvalue weighted by atomic mass is 10.1. The summed E-state index contributed by atoms with van der Waals surface area (Å²) in [7, 11) is 0. The molecule has 2 rings (SSSR count). The van der Waals surface area contributed by atoms with Crippen LogP contribution >= 0.6 is 15.9 Å². The highest BCUT2D eigenvalue weighted by atomic mass is 79.9. The van der Waals surface area contributed by atoms with Crippen molar-refractivity contribution in [2.75, 3.05) is 11.9 Å². The van der Waals surface area contributed by atoms with Crippen molar-refractivity contribution in [1.29, 1.82) is 0 Å². The molecule has 0 bridgehead atoms. The van der Waals surface area contributed by atoms with E-state index in [1.807, 2.05) is 19.9 Å². The minimum atomic E-state index is -0.248. The second-order valence-corrected chi connectivity index (χ2v) is 5.11. The minimum Gasteiger partial charge on any atom is -0.385 e. The summed E-state index contributed by atoms with van der Waals surface area (Å²) in [6, 6.07) is 3.71. The van der Waals surface area contributed by atoms with E-state index in [1.165, 1.54) is 0 Å². The minimum absolute atomic E-state index is 0.248. The summed E-state index contributed by atoms with van der Waals surface area (Å²) in [5, 5.41) is 3.79. The second kappa shape index (κ2) is 5.22. The summed E-state index contributed by atoms with van der Waals surface area (Å²) in [6.45, 7) is 6.76. The number of nitrogens with zero attached hydrogens (tertiary/aromatic N) is 1. The van der Waals surface area contributed by atoms with E-state index in [1.54, 1.807) is 6.07 Å². The van der Waals surface area contributed by atoms with Crippen molar-refractivity contribution in [3.05, 3.63) is 33.7 Å². The molecule has 2 nitrogen and oxygen atoms in total. The predicted octanol–water partition coefficient (Wildman–Crippen LogP) is 4.44. The van der Waals surface area contributed by atoms with Gasteiger partial charge in [-0.3, -0.25) is 4.98 Å². The van der Waals surface area contributed by atoms with E-state index in [-0.39, 0.29) is 5.82 Å². The molecule has 1 N–H and O–H groups in total. The largest absolute Gasteiger partial charge is 0.385 e. The van der Waals surface area contributed by atoms with Gasteiger partial charge in [0.1, 0.15) is 5.82 Å². The molecule has 0 radical (unpaired) electrons. The van der Waals surface area contributed by atoms with Crippen LogP contribution < -0.4 is 5.32 Å². The number of nitrogens with one attached hydrogen (secondary N) is 1. The molecule has 0 aliphatic rings. The molecule has 0 spiro atoms. The number of pyridine rings is 1. The number of benzene rings is 1. The lowest BCUT2D eigenvalue weighted by molar-refractivity contribution is 0.633. The molecule has 2 aromatic rings. The van der Waals surface area contributed by atoms with Crippen LogP contribution in [0.15, 0.2) is 16.6 Å². The van der Waals surface area contributed by atoms with Gasteiger partial charge >= 0.3 is 0 Å². The van der Waals surface area contributed by atoms with Crippen LogP contribution in [0.3, 0.4) is 0 Å². The summed E-state index contributed by atoms with van der Waals surface area (Å²) in [4.78, 5) is 4.54. The Morgan fingerprint density at radius 3 is 2.67 bits per heavy atom. The smallest absolute Gasteiger partial charge is 0.148 e. The van der Waals surface area contributed by atoms with Gasteiger partial charge in [-0.1, -0.05) is 6.92 Å². The molecule has 1 aromatic heterocycles. The zero-order valence-electron chi connectivity index (χ0n) is 10.8. The quantitative estimate of drug-likeness (QED) is 0.906. The van der Waals surface area contributed by atoms with Gasteiger partial charge in [0, 0.05) is 17.9 Å². The molecular formula is C14H16BrFN2. The molecule has 0 amide bonds. The maximum atomic E-state index is 14.3. The first-order chi connectivity index (χ1) is 8.58. The third-order valence-corrected chi connectivity index (χ3v) is 3.52. The van der Waals surface area contributed by atoms with Crippen LogP contribution in [-0.4, -0.2) is 11.5 Å². The Hall–Kier alpha value is -1.16. The third kappa shape index (κ3) is 2.21. The van der Waals surface area contributed by atoms with Gasteiger partial charge in [0.25, 0.3) is 0 Å². The lowest BCUT2D eigenvalue weighted by Gasteiger charge is -2.13. The summed E-state index contributed by atoms with van der Waals surface area (Å²) in [5.74, 6) is -0.248. The normalized spacial score (nSPS) is 10.9. The highest BCUT2D eigenvalue weighted by Crippen LogP contribution is 2.32. The van der Waals surface area contributed by atoms with E-state index in [9.17, 15) is 4.39 Å². The van der Waals surface area contributed by atoms with Crippen LogP contribution in [0.5, 0.6) is 0 Å².